The summed E-state index contributed by atoms with van der Waals surface area (Å²) in [6, 6.07) is 0. The van der Waals surface area contributed by atoms with Crippen LogP contribution in [0.15, 0.2) is 0 Å². The first-order valence-electron chi connectivity index (χ1n) is 8.56. The summed E-state index contributed by atoms with van der Waals surface area (Å²) in [5, 5.41) is 0. The van der Waals surface area contributed by atoms with E-state index in [2.05, 4.69) is 41.5 Å². The van der Waals surface area contributed by atoms with E-state index in [1.54, 1.807) is 0 Å². The molecule has 0 spiro atoms. The summed E-state index contributed by atoms with van der Waals surface area (Å²) in [4.78, 5) is 0. The standard InChI is InChI=1S/C18H39N/c1-14(2)7-8-15(3)13-16(4)9-10-17(5)18(6)11-12-19/h14-18H,7-13,19H2,1-6H3/t15?,16?,17-,18+/m1/s1. The van der Waals surface area contributed by atoms with E-state index in [1.807, 2.05) is 0 Å². The minimum Gasteiger partial charge on any atom is -0.330 e. The Labute approximate surface area is 122 Å². The van der Waals surface area contributed by atoms with E-state index >= 15 is 0 Å². The van der Waals surface area contributed by atoms with Gasteiger partial charge in [0.05, 0.1) is 0 Å². The second kappa shape index (κ2) is 10.7. The van der Waals surface area contributed by atoms with Crippen molar-refractivity contribution in [2.75, 3.05) is 6.54 Å². The maximum Gasteiger partial charge on any atom is -0.00746 e. The van der Waals surface area contributed by atoms with Gasteiger partial charge in [0.2, 0.25) is 0 Å². The van der Waals surface area contributed by atoms with Crippen LogP contribution in [0.2, 0.25) is 0 Å². The maximum atomic E-state index is 5.65. The minimum absolute atomic E-state index is 0.788. The average Bonchev–Trinajstić information content (AvgIpc) is 2.33. The van der Waals surface area contributed by atoms with Gasteiger partial charge in [-0.3, -0.25) is 0 Å². The molecule has 0 rings (SSSR count). The maximum absolute atomic E-state index is 5.65. The van der Waals surface area contributed by atoms with Gasteiger partial charge < -0.3 is 5.73 Å². The molecule has 116 valence electrons. The summed E-state index contributed by atoms with van der Waals surface area (Å²) in [5.74, 6) is 4.26. The molecule has 4 atom stereocenters. The normalized spacial score (nSPS) is 18.3. The first-order valence-corrected chi connectivity index (χ1v) is 8.56. The molecule has 1 heteroatoms. The topological polar surface area (TPSA) is 26.0 Å². The number of nitrogens with two attached hydrogens (primary N) is 1. The molecule has 0 amide bonds. The molecule has 19 heavy (non-hydrogen) atoms. The summed E-state index contributed by atoms with van der Waals surface area (Å²) >= 11 is 0. The van der Waals surface area contributed by atoms with Gasteiger partial charge in [0.25, 0.3) is 0 Å². The van der Waals surface area contributed by atoms with Gasteiger partial charge in [0.1, 0.15) is 0 Å². The van der Waals surface area contributed by atoms with Crippen LogP contribution in [-0.2, 0) is 0 Å². The zero-order chi connectivity index (χ0) is 14.8. The van der Waals surface area contributed by atoms with Crippen molar-refractivity contribution in [3.63, 3.8) is 0 Å². The fourth-order valence-corrected chi connectivity index (χ4v) is 2.92. The Bertz CT molecular complexity index is 200. The lowest BCUT2D eigenvalue weighted by Crippen LogP contribution is -2.14. The fourth-order valence-electron chi connectivity index (χ4n) is 2.92. The lowest BCUT2D eigenvalue weighted by atomic mass is 9.84. The first-order chi connectivity index (χ1) is 8.86. The van der Waals surface area contributed by atoms with Gasteiger partial charge in [-0.15, -0.1) is 0 Å². The minimum atomic E-state index is 0.788. The molecule has 0 radical (unpaired) electrons. The summed E-state index contributed by atoms with van der Waals surface area (Å²) in [5.41, 5.74) is 5.65. The quantitative estimate of drug-likeness (QED) is 0.527. The van der Waals surface area contributed by atoms with E-state index in [9.17, 15) is 0 Å². The van der Waals surface area contributed by atoms with Gasteiger partial charge >= 0.3 is 0 Å². The number of rotatable bonds is 11. The Kier molecular flexibility index (Phi) is 10.7. The Morgan fingerprint density at radius 1 is 0.632 bits per heavy atom. The van der Waals surface area contributed by atoms with Crippen LogP contribution < -0.4 is 5.73 Å². The zero-order valence-electron chi connectivity index (χ0n) is 14.4. The molecule has 1 nitrogen and oxygen atoms in total. The lowest BCUT2D eigenvalue weighted by molar-refractivity contribution is 0.293. The SMILES string of the molecule is CC(C)CCC(C)CC(C)CC[C@@H](C)[C@@H](C)CCN. The largest absolute Gasteiger partial charge is 0.330 e. The van der Waals surface area contributed by atoms with E-state index in [0.717, 1.165) is 36.1 Å². The molecule has 0 aliphatic carbocycles. The Hall–Kier alpha value is -0.0400. The van der Waals surface area contributed by atoms with Crippen molar-refractivity contribution in [2.45, 2.75) is 80.1 Å². The highest BCUT2D eigenvalue weighted by molar-refractivity contribution is 4.67. The Balaban J connectivity index is 3.76. The summed E-state index contributed by atoms with van der Waals surface area (Å²) < 4.78 is 0. The highest BCUT2D eigenvalue weighted by Crippen LogP contribution is 2.26. The van der Waals surface area contributed by atoms with Gasteiger partial charge in [0, 0.05) is 0 Å². The van der Waals surface area contributed by atoms with Gasteiger partial charge in [-0.05, 0) is 49.0 Å². The third-order valence-electron chi connectivity index (χ3n) is 4.75. The van der Waals surface area contributed by atoms with Crippen molar-refractivity contribution in [3.05, 3.63) is 0 Å². The van der Waals surface area contributed by atoms with Gasteiger partial charge in [-0.2, -0.15) is 0 Å². The van der Waals surface area contributed by atoms with Gasteiger partial charge in [-0.1, -0.05) is 67.2 Å². The van der Waals surface area contributed by atoms with E-state index < -0.39 is 0 Å². The molecule has 0 aliphatic heterocycles. The third-order valence-corrected chi connectivity index (χ3v) is 4.75. The molecule has 2 unspecified atom stereocenters. The summed E-state index contributed by atoms with van der Waals surface area (Å²) in [6.07, 6.45) is 8.14. The Morgan fingerprint density at radius 3 is 1.58 bits per heavy atom. The van der Waals surface area contributed by atoms with Crippen molar-refractivity contribution in [3.8, 4) is 0 Å². The summed E-state index contributed by atoms with van der Waals surface area (Å²) in [6.45, 7) is 15.1. The van der Waals surface area contributed by atoms with Gasteiger partial charge in [0.15, 0.2) is 0 Å². The zero-order valence-corrected chi connectivity index (χ0v) is 14.4. The van der Waals surface area contributed by atoms with Crippen molar-refractivity contribution >= 4 is 0 Å². The molecule has 0 heterocycles. The van der Waals surface area contributed by atoms with Crippen molar-refractivity contribution < 1.29 is 0 Å². The summed E-state index contributed by atoms with van der Waals surface area (Å²) in [7, 11) is 0. The van der Waals surface area contributed by atoms with Crippen LogP contribution >= 0.6 is 0 Å². The fraction of sp³-hybridized carbons (Fsp3) is 1.00. The molecular weight excluding hydrogens is 230 g/mol. The third kappa shape index (κ3) is 10.4. The van der Waals surface area contributed by atoms with Crippen molar-refractivity contribution in [1.29, 1.82) is 0 Å². The monoisotopic (exact) mass is 269 g/mol. The molecule has 0 saturated carbocycles. The highest BCUT2D eigenvalue weighted by atomic mass is 14.5. The molecule has 0 saturated heterocycles. The molecule has 2 N–H and O–H groups in total. The van der Waals surface area contributed by atoms with Crippen molar-refractivity contribution in [2.24, 2.45) is 35.3 Å². The van der Waals surface area contributed by atoms with Crippen LogP contribution in [0.1, 0.15) is 80.1 Å². The molecule has 0 bridgehead atoms. The smallest absolute Gasteiger partial charge is 0.00746 e. The van der Waals surface area contributed by atoms with Gasteiger partial charge in [-0.25, -0.2) is 0 Å². The van der Waals surface area contributed by atoms with Crippen LogP contribution in [0.5, 0.6) is 0 Å². The second-order valence-electron chi connectivity index (χ2n) is 7.53. The van der Waals surface area contributed by atoms with E-state index in [-0.39, 0.29) is 0 Å². The molecule has 0 fully saturated rings. The molecule has 0 aromatic heterocycles. The average molecular weight is 270 g/mol. The van der Waals surface area contributed by atoms with Crippen LogP contribution in [-0.4, -0.2) is 6.54 Å². The van der Waals surface area contributed by atoms with Crippen LogP contribution in [0.3, 0.4) is 0 Å². The number of hydrogen-bond donors (Lipinski definition) is 1. The predicted molar refractivity (Wildman–Crippen MR) is 88.3 cm³/mol. The molecule has 0 aliphatic rings. The molecule has 0 aromatic carbocycles. The Morgan fingerprint density at radius 2 is 1.11 bits per heavy atom. The predicted octanol–water partition coefficient (Wildman–Crippen LogP) is 5.49. The number of hydrogen-bond acceptors (Lipinski definition) is 1. The van der Waals surface area contributed by atoms with E-state index in [4.69, 9.17) is 5.73 Å². The first kappa shape index (κ1) is 19.0. The van der Waals surface area contributed by atoms with Crippen molar-refractivity contribution in [1.82, 2.24) is 0 Å². The van der Waals surface area contributed by atoms with Crippen LogP contribution in [0.4, 0.5) is 0 Å². The second-order valence-corrected chi connectivity index (χ2v) is 7.53. The van der Waals surface area contributed by atoms with Crippen LogP contribution in [0.25, 0.3) is 0 Å². The highest BCUT2D eigenvalue weighted by Gasteiger charge is 2.14. The lowest BCUT2D eigenvalue weighted by Gasteiger charge is -2.23. The molecular formula is C18H39N. The van der Waals surface area contributed by atoms with Crippen LogP contribution in [0, 0.1) is 29.6 Å². The van der Waals surface area contributed by atoms with E-state index in [0.29, 0.717) is 0 Å². The van der Waals surface area contributed by atoms with E-state index in [1.165, 1.54) is 38.5 Å². The molecule has 0 aromatic rings.